The van der Waals surface area contributed by atoms with E-state index in [1.165, 1.54) is 0 Å². The van der Waals surface area contributed by atoms with Crippen molar-refractivity contribution in [3.8, 4) is 11.8 Å². The summed E-state index contributed by atoms with van der Waals surface area (Å²) in [6, 6.07) is 7.31. The lowest BCUT2D eigenvalue weighted by Crippen LogP contribution is -2.38. The molecule has 1 aromatic rings. The number of piperidine rings is 1. The van der Waals surface area contributed by atoms with E-state index in [2.05, 4.69) is 16.3 Å². The number of carbonyl (C=O) groups excluding carboxylic acids is 1. The fourth-order valence-electron chi connectivity index (χ4n) is 2.61. The highest BCUT2D eigenvalue weighted by molar-refractivity contribution is 5.94. The highest BCUT2D eigenvalue weighted by Crippen LogP contribution is 2.26. The predicted molar refractivity (Wildman–Crippen MR) is 80.9 cm³/mol. The Morgan fingerprint density at radius 2 is 2.19 bits per heavy atom. The van der Waals surface area contributed by atoms with Crippen LogP contribution < -0.4 is 5.32 Å². The quantitative estimate of drug-likeness (QED) is 0.833. The minimum absolute atomic E-state index is 0.0248. The van der Waals surface area contributed by atoms with Crippen LogP contribution in [0.2, 0.25) is 0 Å². The van der Waals surface area contributed by atoms with Crippen LogP contribution in [-0.2, 0) is 4.79 Å². The number of amides is 1. The average Bonchev–Trinajstić information content (AvgIpc) is 2.49. The van der Waals surface area contributed by atoms with E-state index in [1.807, 2.05) is 6.92 Å². The van der Waals surface area contributed by atoms with Crippen LogP contribution in [0, 0.1) is 24.2 Å². The van der Waals surface area contributed by atoms with Gasteiger partial charge in [0.1, 0.15) is 5.75 Å². The summed E-state index contributed by atoms with van der Waals surface area (Å²) in [4.78, 5) is 14.5. The van der Waals surface area contributed by atoms with Gasteiger partial charge in [-0.15, -0.1) is 0 Å². The van der Waals surface area contributed by atoms with Crippen molar-refractivity contribution in [3.05, 3.63) is 23.8 Å². The van der Waals surface area contributed by atoms with Crippen LogP contribution in [-0.4, -0.2) is 35.5 Å². The van der Waals surface area contributed by atoms with E-state index in [4.69, 9.17) is 5.26 Å². The van der Waals surface area contributed by atoms with Gasteiger partial charge in [0.25, 0.3) is 0 Å². The molecule has 0 spiro atoms. The zero-order valence-corrected chi connectivity index (χ0v) is 12.3. The third-order valence-corrected chi connectivity index (χ3v) is 3.91. The van der Waals surface area contributed by atoms with E-state index in [0.29, 0.717) is 12.1 Å². The van der Waals surface area contributed by atoms with Crippen molar-refractivity contribution in [3.63, 3.8) is 0 Å². The van der Waals surface area contributed by atoms with Crippen molar-refractivity contribution in [2.24, 2.45) is 5.92 Å². The molecule has 1 fully saturated rings. The van der Waals surface area contributed by atoms with Crippen molar-refractivity contribution in [1.29, 1.82) is 5.26 Å². The first-order valence-electron chi connectivity index (χ1n) is 7.30. The van der Waals surface area contributed by atoms with E-state index >= 15 is 0 Å². The maximum atomic E-state index is 12.3. The number of anilines is 1. The molecule has 1 amide bonds. The van der Waals surface area contributed by atoms with Crippen molar-refractivity contribution in [2.45, 2.75) is 26.2 Å². The van der Waals surface area contributed by atoms with Crippen LogP contribution >= 0.6 is 0 Å². The molecule has 5 heteroatoms. The fraction of sp³-hybridized carbons (Fsp3) is 0.500. The van der Waals surface area contributed by atoms with Gasteiger partial charge in [0.2, 0.25) is 5.91 Å². The number of nitrogens with one attached hydrogen (secondary N) is 1. The number of hydrogen-bond donors (Lipinski definition) is 2. The lowest BCUT2D eigenvalue weighted by Gasteiger charge is -2.30. The summed E-state index contributed by atoms with van der Waals surface area (Å²) in [7, 11) is 0. The number of nitriles is 1. The lowest BCUT2D eigenvalue weighted by molar-refractivity contribution is -0.121. The molecule has 0 aliphatic carbocycles. The zero-order chi connectivity index (χ0) is 15.2. The molecule has 0 radical (unpaired) electrons. The molecule has 0 aromatic heterocycles. The number of phenolic OH excluding ortho intramolecular Hbond substituents is 1. The SMILES string of the molecule is Cc1ccc(O)c(NC(=O)C2CCN(CCC#N)CC2)c1. The Bertz CT molecular complexity index is 543. The molecule has 2 N–H and O–H groups in total. The first-order chi connectivity index (χ1) is 10.1. The number of likely N-dealkylation sites (tertiary alicyclic amines) is 1. The number of aromatic hydroxyl groups is 1. The summed E-state index contributed by atoms with van der Waals surface area (Å²) in [6.45, 7) is 4.39. The highest BCUT2D eigenvalue weighted by Gasteiger charge is 2.25. The molecule has 112 valence electrons. The Balaban J connectivity index is 1.88. The monoisotopic (exact) mass is 287 g/mol. The second kappa shape index (κ2) is 7.09. The normalized spacial score (nSPS) is 16.4. The van der Waals surface area contributed by atoms with Crippen LogP contribution in [0.4, 0.5) is 5.69 Å². The van der Waals surface area contributed by atoms with Crippen LogP contribution in [0.5, 0.6) is 5.75 Å². The van der Waals surface area contributed by atoms with Crippen LogP contribution in [0.3, 0.4) is 0 Å². The summed E-state index contributed by atoms with van der Waals surface area (Å²) >= 11 is 0. The maximum Gasteiger partial charge on any atom is 0.227 e. The van der Waals surface area contributed by atoms with Gasteiger partial charge in [-0.25, -0.2) is 0 Å². The summed E-state index contributed by atoms with van der Waals surface area (Å²) in [6.07, 6.45) is 2.13. The molecule has 1 aliphatic rings. The first kappa shape index (κ1) is 15.3. The van der Waals surface area contributed by atoms with Gasteiger partial charge in [0.15, 0.2) is 0 Å². The molecule has 21 heavy (non-hydrogen) atoms. The number of nitrogens with zero attached hydrogens (tertiary/aromatic N) is 2. The van der Waals surface area contributed by atoms with Crippen LogP contribution in [0.25, 0.3) is 0 Å². The summed E-state index contributed by atoms with van der Waals surface area (Å²) in [5.41, 5.74) is 1.47. The molecule has 2 rings (SSSR count). The molecule has 5 nitrogen and oxygen atoms in total. The van der Waals surface area contributed by atoms with Gasteiger partial charge in [0.05, 0.1) is 11.8 Å². The number of benzene rings is 1. The lowest BCUT2D eigenvalue weighted by atomic mass is 9.95. The van der Waals surface area contributed by atoms with Gasteiger partial charge in [-0.1, -0.05) is 6.07 Å². The molecule has 0 unspecified atom stereocenters. The van der Waals surface area contributed by atoms with Crippen molar-refractivity contribution in [1.82, 2.24) is 4.90 Å². The predicted octanol–water partition coefficient (Wildman–Crippen LogP) is 2.26. The number of rotatable bonds is 4. The van der Waals surface area contributed by atoms with Gasteiger partial charge in [-0.2, -0.15) is 5.26 Å². The van der Waals surface area contributed by atoms with Gasteiger partial charge >= 0.3 is 0 Å². The van der Waals surface area contributed by atoms with E-state index in [9.17, 15) is 9.90 Å². The van der Waals surface area contributed by atoms with Gasteiger partial charge < -0.3 is 15.3 Å². The number of hydrogen-bond acceptors (Lipinski definition) is 4. The summed E-state index contributed by atoms with van der Waals surface area (Å²) in [5.74, 6) is 0.0412. The Kier molecular flexibility index (Phi) is 5.18. The van der Waals surface area contributed by atoms with Gasteiger partial charge in [-0.3, -0.25) is 4.79 Å². The molecule has 0 atom stereocenters. The van der Waals surface area contributed by atoms with E-state index in [1.54, 1.807) is 18.2 Å². The molecular formula is C16H21N3O2. The number of phenols is 1. The first-order valence-corrected chi connectivity index (χ1v) is 7.30. The van der Waals surface area contributed by atoms with E-state index < -0.39 is 0 Å². The summed E-state index contributed by atoms with van der Waals surface area (Å²) in [5, 5.41) is 21.2. The minimum Gasteiger partial charge on any atom is -0.506 e. The average molecular weight is 287 g/mol. The third kappa shape index (κ3) is 4.20. The van der Waals surface area contributed by atoms with E-state index in [0.717, 1.165) is 38.0 Å². The van der Waals surface area contributed by atoms with Gasteiger partial charge in [-0.05, 0) is 50.6 Å². The molecule has 0 bridgehead atoms. The summed E-state index contributed by atoms with van der Waals surface area (Å²) < 4.78 is 0. The van der Waals surface area contributed by atoms with Crippen LogP contribution in [0.1, 0.15) is 24.8 Å². The smallest absolute Gasteiger partial charge is 0.227 e. The fourth-order valence-corrected chi connectivity index (χ4v) is 2.61. The Hall–Kier alpha value is -2.06. The molecule has 1 aliphatic heterocycles. The van der Waals surface area contributed by atoms with Gasteiger partial charge in [0, 0.05) is 18.9 Å². The van der Waals surface area contributed by atoms with Crippen LogP contribution in [0.15, 0.2) is 18.2 Å². The van der Waals surface area contributed by atoms with Crippen molar-refractivity contribution >= 4 is 11.6 Å². The third-order valence-electron chi connectivity index (χ3n) is 3.91. The zero-order valence-electron chi connectivity index (χ0n) is 12.3. The molecular weight excluding hydrogens is 266 g/mol. The highest BCUT2D eigenvalue weighted by atomic mass is 16.3. The minimum atomic E-state index is -0.0316. The number of carbonyl (C=O) groups is 1. The Morgan fingerprint density at radius 1 is 1.48 bits per heavy atom. The molecule has 1 saturated heterocycles. The molecule has 0 saturated carbocycles. The second-order valence-corrected chi connectivity index (χ2v) is 5.53. The second-order valence-electron chi connectivity index (χ2n) is 5.53. The van der Waals surface area contributed by atoms with E-state index in [-0.39, 0.29) is 17.6 Å². The van der Waals surface area contributed by atoms with Crippen molar-refractivity contribution < 1.29 is 9.90 Å². The topological polar surface area (TPSA) is 76.4 Å². The maximum absolute atomic E-state index is 12.3. The Labute approximate surface area is 125 Å². The standard InChI is InChI=1S/C16H21N3O2/c1-12-3-4-15(20)14(11-12)18-16(21)13-5-9-19(10-6-13)8-2-7-17/h3-4,11,13,20H,2,5-6,8-10H2,1H3,(H,18,21). The largest absolute Gasteiger partial charge is 0.506 e. The molecule has 1 heterocycles. The Morgan fingerprint density at radius 3 is 2.86 bits per heavy atom. The van der Waals surface area contributed by atoms with Crippen molar-refractivity contribution in [2.75, 3.05) is 25.0 Å². The molecule has 1 aromatic carbocycles. The number of aryl methyl sites for hydroxylation is 1.